The van der Waals surface area contributed by atoms with Crippen LogP contribution in [0.15, 0.2) is 24.2 Å². The summed E-state index contributed by atoms with van der Waals surface area (Å²) in [4.78, 5) is 47.7. The Bertz CT molecular complexity index is 1390. The number of aromatic nitrogens is 2. The lowest BCUT2D eigenvalue weighted by molar-refractivity contribution is -0.200. The molecule has 4 fully saturated rings. The number of hydrogen-bond donors (Lipinski definition) is 3. The summed E-state index contributed by atoms with van der Waals surface area (Å²) in [7, 11) is 0. The highest BCUT2D eigenvalue weighted by Crippen LogP contribution is 2.75. The van der Waals surface area contributed by atoms with Crippen molar-refractivity contribution in [2.24, 2.45) is 50.2 Å². The van der Waals surface area contributed by atoms with Gasteiger partial charge in [-0.15, -0.1) is 0 Å². The van der Waals surface area contributed by atoms with Crippen molar-refractivity contribution in [2.75, 3.05) is 0 Å². The molecule has 8 nitrogen and oxygen atoms in total. The molecule has 1 aromatic rings. The van der Waals surface area contributed by atoms with E-state index in [1.54, 1.807) is 6.20 Å². The van der Waals surface area contributed by atoms with Gasteiger partial charge in [0.25, 0.3) is 5.91 Å². The van der Waals surface area contributed by atoms with Gasteiger partial charge in [0.05, 0.1) is 12.0 Å². The molecule has 5 aliphatic carbocycles. The van der Waals surface area contributed by atoms with Gasteiger partial charge in [-0.05, 0) is 103 Å². The lowest BCUT2D eigenvalue weighted by Crippen LogP contribution is -2.65. The first-order chi connectivity index (χ1) is 20.4. The van der Waals surface area contributed by atoms with E-state index in [-0.39, 0.29) is 51.1 Å². The number of nitrogens with zero attached hydrogens (tertiary/aromatic N) is 2. The number of carboxylic acid groups (broad SMARTS) is 1. The summed E-state index contributed by atoms with van der Waals surface area (Å²) in [5, 5.41) is 21.5. The molecule has 0 bridgehead atoms. The first kappa shape index (κ1) is 31.5. The SMILES string of the molecule is CC1(C(=O)N(O)[C@H](Cc2c[nH]cn2)C(=O)O)CC[C@]2(C)CC[C@]3(C)C(=CC(=O)C4[C@@]5(C)CCCC(C)(C)C5CC[C@]43C)[C@@H]2C1. The lowest BCUT2D eigenvalue weighted by Gasteiger charge is -2.70. The van der Waals surface area contributed by atoms with Crippen molar-refractivity contribution in [1.82, 2.24) is 15.0 Å². The summed E-state index contributed by atoms with van der Waals surface area (Å²) in [6.07, 6.45) is 14.6. The molecule has 3 unspecified atom stereocenters. The Morgan fingerprint density at radius 3 is 2.39 bits per heavy atom. The maximum atomic E-state index is 14.5. The third-order valence-electron chi connectivity index (χ3n) is 14.6. The zero-order valence-corrected chi connectivity index (χ0v) is 27.8. The van der Waals surface area contributed by atoms with Crippen LogP contribution in [0.3, 0.4) is 0 Å². The second kappa shape index (κ2) is 10.0. The smallest absolute Gasteiger partial charge is 0.329 e. The predicted octanol–water partition coefficient (Wildman–Crippen LogP) is 6.99. The summed E-state index contributed by atoms with van der Waals surface area (Å²) >= 11 is 0. The van der Waals surface area contributed by atoms with Gasteiger partial charge in [0.15, 0.2) is 11.8 Å². The Kier molecular flexibility index (Phi) is 7.16. The Morgan fingerprint density at radius 2 is 1.73 bits per heavy atom. The number of carbonyl (C=O) groups is 3. The highest BCUT2D eigenvalue weighted by Gasteiger charge is 2.69. The second-order valence-corrected chi connectivity index (χ2v) is 17.4. The molecule has 0 aliphatic heterocycles. The number of fused-ring (bicyclic) bond motifs is 7. The minimum atomic E-state index is -1.43. The average molecular weight is 608 g/mol. The highest BCUT2D eigenvalue weighted by molar-refractivity contribution is 5.96. The number of nitrogens with one attached hydrogen (secondary N) is 1. The number of hydroxylamine groups is 2. The van der Waals surface area contributed by atoms with E-state index >= 15 is 0 Å². The van der Waals surface area contributed by atoms with Crippen LogP contribution in [-0.4, -0.2) is 49.0 Å². The molecule has 1 aromatic heterocycles. The fourth-order valence-electron chi connectivity index (χ4n) is 11.8. The monoisotopic (exact) mass is 607 g/mol. The summed E-state index contributed by atoms with van der Waals surface area (Å²) in [5.41, 5.74) is 0.568. The van der Waals surface area contributed by atoms with Crippen LogP contribution >= 0.6 is 0 Å². The number of H-pyrrole nitrogens is 1. The van der Waals surface area contributed by atoms with E-state index in [0.717, 1.165) is 38.5 Å². The number of imidazole rings is 1. The zero-order valence-electron chi connectivity index (χ0n) is 27.8. The van der Waals surface area contributed by atoms with Crippen LogP contribution in [0.2, 0.25) is 0 Å². The molecule has 0 aromatic carbocycles. The Hall–Kier alpha value is -2.48. The minimum Gasteiger partial charge on any atom is -0.480 e. The van der Waals surface area contributed by atoms with Crippen molar-refractivity contribution in [2.45, 2.75) is 125 Å². The summed E-state index contributed by atoms with van der Waals surface area (Å²) in [6, 6.07) is -1.43. The number of ketones is 1. The molecule has 9 atom stereocenters. The molecular formula is C36H53N3O5. The number of carboxylic acids is 1. The Balaban J connectivity index is 1.34. The first-order valence-electron chi connectivity index (χ1n) is 16.9. The molecule has 242 valence electrons. The molecule has 44 heavy (non-hydrogen) atoms. The average Bonchev–Trinajstić information content (AvgIpc) is 3.46. The van der Waals surface area contributed by atoms with Gasteiger partial charge in [0, 0.05) is 24.0 Å². The van der Waals surface area contributed by atoms with Crippen molar-refractivity contribution in [3.8, 4) is 0 Å². The minimum absolute atomic E-state index is 0.00524. The summed E-state index contributed by atoms with van der Waals surface area (Å²) < 4.78 is 0. The van der Waals surface area contributed by atoms with Crippen molar-refractivity contribution < 1.29 is 24.7 Å². The van der Waals surface area contributed by atoms with E-state index in [1.807, 2.05) is 13.0 Å². The molecule has 4 saturated carbocycles. The van der Waals surface area contributed by atoms with Crippen LogP contribution < -0.4 is 0 Å². The van der Waals surface area contributed by atoms with Crippen LogP contribution in [0.25, 0.3) is 0 Å². The predicted molar refractivity (Wildman–Crippen MR) is 166 cm³/mol. The van der Waals surface area contributed by atoms with Gasteiger partial charge in [-0.2, -0.15) is 0 Å². The maximum absolute atomic E-state index is 14.5. The number of aliphatic carboxylic acids is 1. The van der Waals surface area contributed by atoms with Crippen molar-refractivity contribution in [3.05, 3.63) is 29.9 Å². The number of rotatable bonds is 5. The number of amides is 1. The summed E-state index contributed by atoms with van der Waals surface area (Å²) in [5.74, 6) is -1.00. The molecular weight excluding hydrogens is 554 g/mol. The van der Waals surface area contributed by atoms with E-state index in [1.165, 1.54) is 24.7 Å². The van der Waals surface area contributed by atoms with Crippen LogP contribution in [0.1, 0.15) is 118 Å². The third-order valence-corrected chi connectivity index (χ3v) is 14.6. The van der Waals surface area contributed by atoms with Crippen LogP contribution in [-0.2, 0) is 20.8 Å². The molecule has 6 rings (SSSR count). The van der Waals surface area contributed by atoms with E-state index < -0.39 is 23.3 Å². The van der Waals surface area contributed by atoms with Gasteiger partial charge in [-0.3, -0.25) is 14.8 Å². The largest absolute Gasteiger partial charge is 0.480 e. The van der Waals surface area contributed by atoms with Crippen LogP contribution in [0, 0.1) is 50.2 Å². The van der Waals surface area contributed by atoms with Gasteiger partial charge in [0.1, 0.15) is 0 Å². The number of carbonyl (C=O) groups excluding carboxylic acids is 2. The fourth-order valence-corrected chi connectivity index (χ4v) is 11.8. The molecule has 3 N–H and O–H groups in total. The first-order valence-corrected chi connectivity index (χ1v) is 16.9. The normalized spacial score (nSPS) is 43.4. The zero-order chi connectivity index (χ0) is 32.1. The Labute approximate surface area is 262 Å². The topological polar surface area (TPSA) is 124 Å². The maximum Gasteiger partial charge on any atom is 0.329 e. The van der Waals surface area contributed by atoms with Crippen LogP contribution in [0.5, 0.6) is 0 Å². The molecule has 1 amide bonds. The molecule has 5 aliphatic rings. The second-order valence-electron chi connectivity index (χ2n) is 17.4. The summed E-state index contributed by atoms with van der Waals surface area (Å²) in [6.45, 7) is 16.3. The van der Waals surface area contributed by atoms with Gasteiger partial charge in [-0.25, -0.2) is 14.8 Å². The quantitative estimate of drug-likeness (QED) is 0.245. The van der Waals surface area contributed by atoms with Gasteiger partial charge in [-0.1, -0.05) is 60.5 Å². The molecule has 8 heteroatoms. The number of aromatic amines is 1. The lowest BCUT2D eigenvalue weighted by atomic mass is 9.33. The van der Waals surface area contributed by atoms with E-state index in [9.17, 15) is 24.7 Å². The Morgan fingerprint density at radius 1 is 1.02 bits per heavy atom. The van der Waals surface area contributed by atoms with E-state index in [2.05, 4.69) is 51.5 Å². The standard InChI is InChI=1S/C36H53N3O5/c1-31(2)10-8-11-34(5)27(31)9-12-36(7)28(34)26(40)18-23-24-19-33(4,14-13-32(24,3)15-16-35(23,36)6)30(43)39(44)25(29(41)42)17-22-20-37-21-38-22/h18,20-21,24-25,27-28,44H,8-17,19H2,1-7H3,(H,37,38)(H,41,42)/t24-,25+,27?,28?,32+,33?,34-,35+,36+/m0/s1. The van der Waals surface area contributed by atoms with Crippen molar-refractivity contribution in [3.63, 3.8) is 0 Å². The fraction of sp³-hybridized carbons (Fsp3) is 0.778. The third kappa shape index (κ3) is 4.32. The van der Waals surface area contributed by atoms with Gasteiger partial charge >= 0.3 is 5.97 Å². The molecule has 0 saturated heterocycles. The molecule has 0 radical (unpaired) electrons. The van der Waals surface area contributed by atoms with Crippen LogP contribution in [0.4, 0.5) is 0 Å². The molecule has 0 spiro atoms. The van der Waals surface area contributed by atoms with Crippen molar-refractivity contribution >= 4 is 17.7 Å². The highest BCUT2D eigenvalue weighted by atomic mass is 16.5. The number of allylic oxidation sites excluding steroid dienone is 2. The number of hydrogen-bond acceptors (Lipinski definition) is 5. The van der Waals surface area contributed by atoms with E-state index in [4.69, 9.17) is 0 Å². The van der Waals surface area contributed by atoms with Crippen molar-refractivity contribution in [1.29, 1.82) is 0 Å². The van der Waals surface area contributed by atoms with E-state index in [0.29, 0.717) is 29.5 Å². The van der Waals surface area contributed by atoms with Gasteiger partial charge < -0.3 is 10.1 Å². The molecule has 1 heterocycles. The van der Waals surface area contributed by atoms with Gasteiger partial charge in [0.2, 0.25) is 0 Å².